The molecule has 4 nitrogen and oxygen atoms in total. The van der Waals surface area contributed by atoms with Crippen LogP contribution >= 0.6 is 0 Å². The molecule has 4 heteroatoms. The second kappa shape index (κ2) is 4.23. The van der Waals surface area contributed by atoms with Gasteiger partial charge in [0.15, 0.2) is 17.3 Å². The summed E-state index contributed by atoms with van der Waals surface area (Å²) in [5, 5.41) is 8.44. The molecule has 0 fully saturated rings. The fourth-order valence-electron chi connectivity index (χ4n) is 1.65. The monoisotopic (exact) mass is 217 g/mol. The molecule has 0 atom stereocenters. The highest BCUT2D eigenvalue weighted by Gasteiger charge is 2.18. The Morgan fingerprint density at radius 2 is 2.12 bits per heavy atom. The summed E-state index contributed by atoms with van der Waals surface area (Å²) in [5.41, 5.74) is 1.46. The molecule has 1 aliphatic heterocycles. The predicted octanol–water partition coefficient (Wildman–Crippen LogP) is 2.21. The summed E-state index contributed by atoms with van der Waals surface area (Å²) in [6.45, 7) is 2.05. The zero-order chi connectivity index (χ0) is 11.5. The molecule has 82 valence electrons. The molecule has 1 aromatic rings. The lowest BCUT2D eigenvalue weighted by Gasteiger charge is -2.05. The third-order valence-electron chi connectivity index (χ3n) is 2.48. The van der Waals surface area contributed by atoms with E-state index in [4.69, 9.17) is 14.7 Å². The number of carbonyl (C=O) groups is 1. The Kier molecular flexibility index (Phi) is 2.78. The van der Waals surface area contributed by atoms with Crippen molar-refractivity contribution in [1.29, 1.82) is 5.26 Å². The van der Waals surface area contributed by atoms with E-state index in [9.17, 15) is 4.79 Å². The Balaban J connectivity index is 2.28. The lowest BCUT2D eigenvalue weighted by atomic mass is 10.0. The zero-order valence-electron chi connectivity index (χ0n) is 8.95. The van der Waals surface area contributed by atoms with E-state index in [1.54, 1.807) is 12.1 Å². The average molecular weight is 217 g/mol. The third-order valence-corrected chi connectivity index (χ3v) is 2.48. The van der Waals surface area contributed by atoms with Gasteiger partial charge in [-0.1, -0.05) is 0 Å². The lowest BCUT2D eigenvalue weighted by Crippen LogP contribution is -2.01. The number of rotatable bonds is 3. The van der Waals surface area contributed by atoms with Crippen LogP contribution in [0.4, 0.5) is 0 Å². The number of fused-ring (bicyclic) bond motifs is 1. The van der Waals surface area contributed by atoms with Crippen LogP contribution in [-0.4, -0.2) is 12.6 Å². The van der Waals surface area contributed by atoms with Crippen LogP contribution in [0.5, 0.6) is 11.5 Å². The van der Waals surface area contributed by atoms with Crippen molar-refractivity contribution in [2.45, 2.75) is 19.8 Å². The van der Waals surface area contributed by atoms with E-state index >= 15 is 0 Å². The standard InChI is InChI=1S/C12H11NO3/c1-8-5-11-12(16-7-15-11)6-9(8)10(14)3-2-4-13/h5-6H,2-3,7H2,1H3. The minimum absolute atomic E-state index is 0.0302. The van der Waals surface area contributed by atoms with Gasteiger partial charge in [0, 0.05) is 18.4 Å². The molecule has 0 saturated heterocycles. The number of hydrogen-bond acceptors (Lipinski definition) is 4. The average Bonchev–Trinajstić information content (AvgIpc) is 2.71. The molecule has 0 N–H and O–H groups in total. The van der Waals surface area contributed by atoms with Crippen LogP contribution in [0.15, 0.2) is 12.1 Å². The Bertz CT molecular complexity index is 474. The number of nitriles is 1. The van der Waals surface area contributed by atoms with Gasteiger partial charge in [0.25, 0.3) is 0 Å². The maximum Gasteiger partial charge on any atom is 0.231 e. The van der Waals surface area contributed by atoms with E-state index in [0.29, 0.717) is 17.1 Å². The first-order valence-electron chi connectivity index (χ1n) is 5.03. The van der Waals surface area contributed by atoms with Crippen LogP contribution < -0.4 is 9.47 Å². The number of ether oxygens (including phenoxy) is 2. The summed E-state index contributed by atoms with van der Waals surface area (Å²) in [4.78, 5) is 11.8. The fraction of sp³-hybridized carbons (Fsp3) is 0.333. The molecule has 0 amide bonds. The van der Waals surface area contributed by atoms with Crippen molar-refractivity contribution in [3.05, 3.63) is 23.3 Å². The maximum absolute atomic E-state index is 11.8. The molecule has 1 aliphatic rings. The highest BCUT2D eigenvalue weighted by molar-refractivity contribution is 5.98. The second-order valence-electron chi connectivity index (χ2n) is 3.60. The second-order valence-corrected chi connectivity index (χ2v) is 3.60. The topological polar surface area (TPSA) is 59.3 Å². The summed E-state index contributed by atoms with van der Waals surface area (Å²) in [6.07, 6.45) is 0.490. The highest BCUT2D eigenvalue weighted by atomic mass is 16.7. The fourth-order valence-corrected chi connectivity index (χ4v) is 1.65. The van der Waals surface area contributed by atoms with E-state index in [0.717, 1.165) is 5.56 Å². The largest absolute Gasteiger partial charge is 0.454 e. The van der Waals surface area contributed by atoms with Crippen molar-refractivity contribution < 1.29 is 14.3 Å². The summed E-state index contributed by atoms with van der Waals surface area (Å²) in [6, 6.07) is 5.45. The van der Waals surface area contributed by atoms with Crippen LogP contribution in [0.3, 0.4) is 0 Å². The molecule has 16 heavy (non-hydrogen) atoms. The van der Waals surface area contributed by atoms with Gasteiger partial charge < -0.3 is 9.47 Å². The first-order chi connectivity index (χ1) is 7.72. The quantitative estimate of drug-likeness (QED) is 0.728. The zero-order valence-corrected chi connectivity index (χ0v) is 8.95. The highest BCUT2D eigenvalue weighted by Crippen LogP contribution is 2.34. The SMILES string of the molecule is Cc1cc2c(cc1C(=O)CCC#N)OCO2. The van der Waals surface area contributed by atoms with Crippen LogP contribution in [0, 0.1) is 18.3 Å². The van der Waals surface area contributed by atoms with Gasteiger partial charge in [0.05, 0.1) is 6.07 Å². The third kappa shape index (κ3) is 1.84. The molecule has 0 saturated carbocycles. The smallest absolute Gasteiger partial charge is 0.231 e. The number of carbonyl (C=O) groups excluding carboxylic acids is 1. The number of nitrogens with zero attached hydrogens (tertiary/aromatic N) is 1. The first-order valence-corrected chi connectivity index (χ1v) is 5.03. The van der Waals surface area contributed by atoms with Crippen molar-refractivity contribution >= 4 is 5.78 Å². The summed E-state index contributed by atoms with van der Waals surface area (Å²) in [5.74, 6) is 1.25. The molecule has 0 unspecified atom stereocenters. The number of benzene rings is 1. The number of hydrogen-bond donors (Lipinski definition) is 0. The Labute approximate surface area is 93.4 Å². The summed E-state index contributed by atoms with van der Waals surface area (Å²) >= 11 is 0. The summed E-state index contributed by atoms with van der Waals surface area (Å²) in [7, 11) is 0. The van der Waals surface area contributed by atoms with Gasteiger partial charge in [-0.2, -0.15) is 5.26 Å². The molecule has 0 radical (unpaired) electrons. The van der Waals surface area contributed by atoms with Gasteiger partial charge in [0.1, 0.15) is 0 Å². The Morgan fingerprint density at radius 1 is 1.44 bits per heavy atom. The van der Waals surface area contributed by atoms with Gasteiger partial charge in [0.2, 0.25) is 6.79 Å². The normalized spacial score (nSPS) is 12.2. The van der Waals surface area contributed by atoms with Crippen LogP contribution in [-0.2, 0) is 0 Å². The number of Topliss-reactive ketones (excluding diaryl/α,β-unsaturated/α-hetero) is 1. The maximum atomic E-state index is 11.8. The molecule has 0 spiro atoms. The van der Waals surface area contributed by atoms with E-state index in [-0.39, 0.29) is 25.4 Å². The molecule has 0 aromatic heterocycles. The van der Waals surface area contributed by atoms with Crippen LogP contribution in [0.2, 0.25) is 0 Å². The van der Waals surface area contributed by atoms with Crippen molar-refractivity contribution in [3.63, 3.8) is 0 Å². The Hall–Kier alpha value is -2.02. The molecule has 0 bridgehead atoms. The number of aryl methyl sites for hydroxylation is 1. The van der Waals surface area contributed by atoms with Crippen LogP contribution in [0.25, 0.3) is 0 Å². The van der Waals surface area contributed by atoms with Gasteiger partial charge in [-0.25, -0.2) is 0 Å². The van der Waals surface area contributed by atoms with Crippen molar-refractivity contribution in [2.24, 2.45) is 0 Å². The van der Waals surface area contributed by atoms with Gasteiger partial charge in [-0.15, -0.1) is 0 Å². The van der Waals surface area contributed by atoms with E-state index in [1.807, 2.05) is 13.0 Å². The predicted molar refractivity (Wildman–Crippen MR) is 56.5 cm³/mol. The Morgan fingerprint density at radius 3 is 2.81 bits per heavy atom. The minimum atomic E-state index is -0.0302. The molecule has 1 heterocycles. The van der Waals surface area contributed by atoms with Crippen molar-refractivity contribution in [1.82, 2.24) is 0 Å². The molecule has 2 rings (SSSR count). The molecule has 1 aromatic carbocycles. The van der Waals surface area contributed by atoms with E-state index in [2.05, 4.69) is 0 Å². The lowest BCUT2D eigenvalue weighted by molar-refractivity contribution is 0.0983. The van der Waals surface area contributed by atoms with Crippen LogP contribution in [0.1, 0.15) is 28.8 Å². The minimum Gasteiger partial charge on any atom is -0.454 e. The molecular weight excluding hydrogens is 206 g/mol. The van der Waals surface area contributed by atoms with Crippen molar-refractivity contribution in [2.75, 3.05) is 6.79 Å². The summed E-state index contributed by atoms with van der Waals surface area (Å²) < 4.78 is 10.4. The molecule has 0 aliphatic carbocycles. The van der Waals surface area contributed by atoms with Gasteiger partial charge in [-0.05, 0) is 24.6 Å². The van der Waals surface area contributed by atoms with Gasteiger partial charge >= 0.3 is 0 Å². The van der Waals surface area contributed by atoms with Crippen molar-refractivity contribution in [3.8, 4) is 17.6 Å². The number of ketones is 1. The molecular formula is C12H11NO3. The van der Waals surface area contributed by atoms with E-state index < -0.39 is 0 Å². The van der Waals surface area contributed by atoms with Gasteiger partial charge in [-0.3, -0.25) is 4.79 Å². The first kappa shape index (κ1) is 10.5. The van der Waals surface area contributed by atoms with E-state index in [1.165, 1.54) is 0 Å².